The maximum Gasteiger partial charge on any atom is 0.274 e. The number of carbonyl (C=O) groups is 1. The van der Waals surface area contributed by atoms with Crippen molar-refractivity contribution >= 4 is 5.91 Å². The van der Waals surface area contributed by atoms with Crippen LogP contribution in [-0.4, -0.2) is 48.8 Å². The van der Waals surface area contributed by atoms with Crippen LogP contribution in [0.2, 0.25) is 0 Å². The van der Waals surface area contributed by atoms with E-state index in [-0.39, 0.29) is 11.8 Å². The van der Waals surface area contributed by atoms with Crippen molar-refractivity contribution in [1.82, 2.24) is 29.8 Å². The molecule has 0 aromatic carbocycles. The van der Waals surface area contributed by atoms with Crippen LogP contribution < -0.4 is 4.74 Å². The Morgan fingerprint density at radius 2 is 1.79 bits per heavy atom. The first-order valence-corrected chi connectivity index (χ1v) is 9.60. The Labute approximate surface area is 169 Å². The first-order chi connectivity index (χ1) is 14.1. The third-order valence-corrected chi connectivity index (χ3v) is 5.03. The van der Waals surface area contributed by atoms with Crippen molar-refractivity contribution in [3.8, 4) is 11.6 Å². The van der Waals surface area contributed by atoms with E-state index in [2.05, 4.69) is 24.9 Å². The van der Waals surface area contributed by atoms with Crippen LogP contribution in [0.5, 0.6) is 11.6 Å². The zero-order valence-electron chi connectivity index (χ0n) is 16.4. The van der Waals surface area contributed by atoms with Gasteiger partial charge in [0.25, 0.3) is 5.91 Å². The molecule has 1 amide bonds. The molecule has 0 atom stereocenters. The number of hydrogen-bond donors (Lipinski definition) is 0. The van der Waals surface area contributed by atoms with Crippen molar-refractivity contribution in [2.75, 3.05) is 13.1 Å². The number of rotatable bonds is 4. The minimum absolute atomic E-state index is 0.0856. The predicted octanol–water partition coefficient (Wildman–Crippen LogP) is 3.09. The SMILES string of the molecule is Cc1cnc(C(=O)N2CCC(c3nccnc3Oc3cccnc3C)CC2)cn1. The van der Waals surface area contributed by atoms with Crippen LogP contribution in [0, 0.1) is 13.8 Å². The summed E-state index contributed by atoms with van der Waals surface area (Å²) in [4.78, 5) is 36.0. The average Bonchev–Trinajstić information content (AvgIpc) is 2.76. The highest BCUT2D eigenvalue weighted by Gasteiger charge is 2.28. The Kier molecular flexibility index (Phi) is 5.41. The Hall–Kier alpha value is -3.42. The van der Waals surface area contributed by atoms with Gasteiger partial charge in [0.2, 0.25) is 5.88 Å². The van der Waals surface area contributed by atoms with Gasteiger partial charge in [-0.05, 0) is 38.8 Å². The number of pyridine rings is 1. The summed E-state index contributed by atoms with van der Waals surface area (Å²) in [7, 11) is 0. The number of carbonyl (C=O) groups excluding carboxylic acids is 1. The fourth-order valence-corrected chi connectivity index (χ4v) is 3.40. The zero-order chi connectivity index (χ0) is 20.2. The van der Waals surface area contributed by atoms with Gasteiger partial charge in [-0.2, -0.15) is 0 Å². The molecular weight excluding hydrogens is 368 g/mol. The largest absolute Gasteiger partial charge is 0.435 e. The fourth-order valence-electron chi connectivity index (χ4n) is 3.40. The molecule has 0 N–H and O–H groups in total. The lowest BCUT2D eigenvalue weighted by atomic mass is 9.93. The Morgan fingerprint density at radius 3 is 2.52 bits per heavy atom. The van der Waals surface area contributed by atoms with Crippen molar-refractivity contribution in [2.24, 2.45) is 0 Å². The molecule has 0 spiro atoms. The highest BCUT2D eigenvalue weighted by molar-refractivity contribution is 5.92. The van der Waals surface area contributed by atoms with Gasteiger partial charge in [-0.1, -0.05) is 0 Å². The molecule has 1 fully saturated rings. The first-order valence-electron chi connectivity index (χ1n) is 9.60. The van der Waals surface area contributed by atoms with Gasteiger partial charge < -0.3 is 9.64 Å². The number of aryl methyl sites for hydroxylation is 2. The lowest BCUT2D eigenvalue weighted by Crippen LogP contribution is -2.38. The normalized spacial score (nSPS) is 14.6. The van der Waals surface area contributed by atoms with Crippen LogP contribution in [0.15, 0.2) is 43.1 Å². The summed E-state index contributed by atoms with van der Waals surface area (Å²) in [5.41, 5.74) is 2.78. The first kappa shape index (κ1) is 18.9. The number of nitrogens with zero attached hydrogens (tertiary/aromatic N) is 6. The number of piperidine rings is 1. The smallest absolute Gasteiger partial charge is 0.274 e. The highest BCUT2D eigenvalue weighted by Crippen LogP contribution is 2.34. The third kappa shape index (κ3) is 4.21. The van der Waals surface area contributed by atoms with E-state index in [4.69, 9.17) is 4.74 Å². The Morgan fingerprint density at radius 1 is 1.00 bits per heavy atom. The minimum Gasteiger partial charge on any atom is -0.435 e. The second-order valence-electron chi connectivity index (χ2n) is 7.05. The molecule has 4 rings (SSSR count). The monoisotopic (exact) mass is 390 g/mol. The van der Waals surface area contributed by atoms with Gasteiger partial charge in [0.05, 0.1) is 17.6 Å². The third-order valence-electron chi connectivity index (χ3n) is 5.03. The lowest BCUT2D eigenvalue weighted by Gasteiger charge is -2.31. The molecule has 1 aliphatic rings. The summed E-state index contributed by atoms with van der Waals surface area (Å²) in [6, 6.07) is 3.70. The van der Waals surface area contributed by atoms with Crippen LogP contribution in [0.3, 0.4) is 0 Å². The molecule has 0 saturated carbocycles. The molecule has 0 bridgehead atoms. The molecule has 0 aliphatic carbocycles. The van der Waals surface area contributed by atoms with Crippen molar-refractivity contribution in [2.45, 2.75) is 32.6 Å². The number of likely N-dealkylation sites (tertiary alicyclic amines) is 1. The molecule has 0 unspecified atom stereocenters. The van der Waals surface area contributed by atoms with Crippen LogP contribution in [0.25, 0.3) is 0 Å². The lowest BCUT2D eigenvalue weighted by molar-refractivity contribution is 0.0705. The maximum absolute atomic E-state index is 12.7. The van der Waals surface area contributed by atoms with Crippen molar-refractivity contribution < 1.29 is 9.53 Å². The second-order valence-corrected chi connectivity index (χ2v) is 7.05. The van der Waals surface area contributed by atoms with Crippen molar-refractivity contribution in [3.63, 3.8) is 0 Å². The van der Waals surface area contributed by atoms with Gasteiger partial charge in [-0.3, -0.25) is 19.7 Å². The van der Waals surface area contributed by atoms with Gasteiger partial charge in [-0.25, -0.2) is 9.97 Å². The fraction of sp³-hybridized carbons (Fsp3) is 0.333. The van der Waals surface area contributed by atoms with E-state index in [0.717, 1.165) is 29.9 Å². The number of hydrogen-bond acceptors (Lipinski definition) is 7. The molecule has 8 heteroatoms. The molecule has 1 saturated heterocycles. The van der Waals surface area contributed by atoms with Gasteiger partial charge >= 0.3 is 0 Å². The maximum atomic E-state index is 12.7. The summed E-state index contributed by atoms with van der Waals surface area (Å²) in [5.74, 6) is 1.25. The molecule has 8 nitrogen and oxygen atoms in total. The van der Waals surface area contributed by atoms with E-state index >= 15 is 0 Å². The standard InChI is InChI=1S/C21H22N6O2/c1-14-12-26-17(13-25-14)21(28)27-10-5-16(6-11-27)19-20(24-9-8-23-19)29-18-4-3-7-22-15(18)2/h3-4,7-9,12-13,16H,5-6,10-11H2,1-2H3. The predicted molar refractivity (Wildman–Crippen MR) is 106 cm³/mol. The van der Waals surface area contributed by atoms with E-state index in [1.807, 2.05) is 30.9 Å². The van der Waals surface area contributed by atoms with Crippen LogP contribution in [-0.2, 0) is 0 Å². The van der Waals surface area contributed by atoms with Gasteiger partial charge in [0, 0.05) is 43.8 Å². The number of amides is 1. The summed E-state index contributed by atoms with van der Waals surface area (Å²) >= 11 is 0. The van der Waals surface area contributed by atoms with E-state index in [0.29, 0.717) is 30.4 Å². The Bertz CT molecular complexity index is 1000. The van der Waals surface area contributed by atoms with E-state index in [9.17, 15) is 4.79 Å². The van der Waals surface area contributed by atoms with Gasteiger partial charge in [0.1, 0.15) is 11.4 Å². The summed E-state index contributed by atoms with van der Waals surface area (Å²) in [5, 5.41) is 0. The topological polar surface area (TPSA) is 94.0 Å². The van der Waals surface area contributed by atoms with E-state index < -0.39 is 0 Å². The summed E-state index contributed by atoms with van der Waals surface area (Å²) < 4.78 is 6.01. The highest BCUT2D eigenvalue weighted by atomic mass is 16.5. The molecule has 29 heavy (non-hydrogen) atoms. The Balaban J connectivity index is 1.46. The van der Waals surface area contributed by atoms with Gasteiger partial charge in [0.15, 0.2) is 5.75 Å². The second kappa shape index (κ2) is 8.30. The number of ether oxygens (including phenoxy) is 1. The summed E-state index contributed by atoms with van der Waals surface area (Å²) in [6.45, 7) is 4.99. The van der Waals surface area contributed by atoms with E-state index in [1.165, 1.54) is 6.20 Å². The van der Waals surface area contributed by atoms with E-state index in [1.54, 1.807) is 24.8 Å². The number of aromatic nitrogens is 5. The average molecular weight is 390 g/mol. The zero-order valence-corrected chi connectivity index (χ0v) is 16.4. The van der Waals surface area contributed by atoms with Crippen molar-refractivity contribution in [1.29, 1.82) is 0 Å². The van der Waals surface area contributed by atoms with Crippen LogP contribution >= 0.6 is 0 Å². The molecule has 3 aromatic heterocycles. The van der Waals surface area contributed by atoms with Crippen molar-refractivity contribution in [3.05, 3.63) is 65.9 Å². The molecule has 0 radical (unpaired) electrons. The molecule has 148 valence electrons. The quantitative estimate of drug-likeness (QED) is 0.675. The molecule has 1 aliphatic heterocycles. The molecular formula is C21H22N6O2. The van der Waals surface area contributed by atoms with Gasteiger partial charge in [-0.15, -0.1) is 0 Å². The molecule has 4 heterocycles. The summed E-state index contributed by atoms with van der Waals surface area (Å²) in [6.07, 6.45) is 9.75. The van der Waals surface area contributed by atoms with Crippen LogP contribution in [0.1, 0.15) is 46.3 Å². The van der Waals surface area contributed by atoms with Crippen LogP contribution in [0.4, 0.5) is 0 Å². The minimum atomic E-state index is -0.0856. The molecule has 3 aromatic rings.